The van der Waals surface area contributed by atoms with Gasteiger partial charge in [0.05, 0.1) is 15.8 Å². The Bertz CT molecular complexity index is 617. The first-order valence-electron chi connectivity index (χ1n) is 7.12. The monoisotopic (exact) mass is 385 g/mol. The quantitative estimate of drug-likeness (QED) is 0.503. The van der Waals surface area contributed by atoms with Crippen LogP contribution in [0, 0.1) is 0 Å². The summed E-state index contributed by atoms with van der Waals surface area (Å²) in [6.07, 6.45) is 0. The number of carbonyl (C=O) groups excluding carboxylic acids is 1. The lowest BCUT2D eigenvalue weighted by molar-refractivity contribution is -0.118. The molecule has 6 heteroatoms. The highest BCUT2D eigenvalue weighted by atomic mass is 35.5. The lowest BCUT2D eigenvalue weighted by Gasteiger charge is -2.07. The molecule has 0 heterocycles. The third-order valence-electron chi connectivity index (χ3n) is 2.95. The average Bonchev–Trinajstić information content (AvgIpc) is 2.55. The van der Waals surface area contributed by atoms with Crippen molar-refractivity contribution < 1.29 is 4.79 Å². The fourth-order valence-electron chi connectivity index (χ4n) is 1.84. The summed E-state index contributed by atoms with van der Waals surface area (Å²) >= 11 is 15.3. The van der Waals surface area contributed by atoms with Gasteiger partial charge in [-0.05, 0) is 17.7 Å². The summed E-state index contributed by atoms with van der Waals surface area (Å²) < 4.78 is 0. The molecule has 0 aromatic heterocycles. The molecular weight excluding hydrogens is 369 g/mol. The van der Waals surface area contributed by atoms with Gasteiger partial charge in [0.1, 0.15) is 0 Å². The maximum Gasteiger partial charge on any atom is 0.230 e. The van der Waals surface area contributed by atoms with Crippen molar-refractivity contribution in [3.63, 3.8) is 0 Å². The van der Waals surface area contributed by atoms with E-state index in [0.717, 1.165) is 16.4 Å². The van der Waals surface area contributed by atoms with E-state index in [4.69, 9.17) is 23.2 Å². The largest absolute Gasteiger partial charge is 0.355 e. The fraction of sp³-hybridized carbons (Fsp3) is 0.235. The summed E-state index contributed by atoms with van der Waals surface area (Å²) in [6.45, 7) is 0.660. The Kier molecular flexibility index (Phi) is 8.17. The lowest BCUT2D eigenvalue weighted by atomic mass is 10.2. The van der Waals surface area contributed by atoms with Gasteiger partial charge < -0.3 is 5.32 Å². The zero-order chi connectivity index (χ0) is 16.5. The Morgan fingerprint density at radius 1 is 1.00 bits per heavy atom. The minimum atomic E-state index is -0.00806. The van der Waals surface area contributed by atoms with E-state index in [0.29, 0.717) is 22.3 Å². The van der Waals surface area contributed by atoms with Crippen molar-refractivity contribution in [3.05, 3.63) is 64.1 Å². The van der Waals surface area contributed by atoms with E-state index >= 15 is 0 Å². The minimum Gasteiger partial charge on any atom is -0.355 e. The van der Waals surface area contributed by atoms with Crippen molar-refractivity contribution in [2.24, 2.45) is 0 Å². The second-order valence-electron chi connectivity index (χ2n) is 4.73. The Hall–Kier alpha value is -0.810. The van der Waals surface area contributed by atoms with E-state index in [9.17, 15) is 4.79 Å². The van der Waals surface area contributed by atoms with Crippen LogP contribution in [-0.4, -0.2) is 24.0 Å². The van der Waals surface area contributed by atoms with Gasteiger partial charge in [0.2, 0.25) is 5.91 Å². The predicted molar refractivity (Wildman–Crippen MR) is 103 cm³/mol. The van der Waals surface area contributed by atoms with E-state index in [1.165, 1.54) is 17.3 Å². The van der Waals surface area contributed by atoms with Gasteiger partial charge in [-0.25, -0.2) is 0 Å². The van der Waals surface area contributed by atoms with Gasteiger partial charge >= 0.3 is 0 Å². The van der Waals surface area contributed by atoms with Gasteiger partial charge in [-0.2, -0.15) is 11.8 Å². The molecule has 0 unspecified atom stereocenters. The van der Waals surface area contributed by atoms with Crippen molar-refractivity contribution in [1.29, 1.82) is 0 Å². The molecule has 2 aromatic carbocycles. The highest BCUT2D eigenvalue weighted by Crippen LogP contribution is 2.33. The van der Waals surface area contributed by atoms with Crippen LogP contribution in [0.25, 0.3) is 0 Å². The maximum atomic E-state index is 11.8. The summed E-state index contributed by atoms with van der Waals surface area (Å²) in [5.74, 6) is 2.15. The topological polar surface area (TPSA) is 29.1 Å². The number of hydrogen-bond donors (Lipinski definition) is 1. The zero-order valence-electron chi connectivity index (χ0n) is 12.4. The molecule has 0 saturated carbocycles. The number of nitrogens with one attached hydrogen (secondary N) is 1. The molecule has 23 heavy (non-hydrogen) atoms. The molecular formula is C17H17Cl2NOS2. The van der Waals surface area contributed by atoms with Crippen molar-refractivity contribution in [3.8, 4) is 0 Å². The van der Waals surface area contributed by atoms with Crippen LogP contribution in [0.15, 0.2) is 53.4 Å². The van der Waals surface area contributed by atoms with Crippen LogP contribution in [0.3, 0.4) is 0 Å². The Morgan fingerprint density at radius 3 is 2.39 bits per heavy atom. The number of thioether (sulfide) groups is 2. The molecule has 0 aliphatic rings. The van der Waals surface area contributed by atoms with E-state index in [1.54, 1.807) is 30.0 Å². The minimum absolute atomic E-state index is 0.00806. The smallest absolute Gasteiger partial charge is 0.230 e. The summed E-state index contributed by atoms with van der Waals surface area (Å²) in [7, 11) is 0. The summed E-state index contributed by atoms with van der Waals surface area (Å²) in [6, 6.07) is 15.6. The molecule has 0 aliphatic carbocycles. The van der Waals surface area contributed by atoms with Gasteiger partial charge in [-0.3, -0.25) is 4.79 Å². The summed E-state index contributed by atoms with van der Waals surface area (Å²) in [5.41, 5.74) is 1.30. The standard InChI is InChI=1S/C17H17Cl2NOS2/c18-14-7-4-8-15(19)17(14)23-12-16(21)20-9-10-22-11-13-5-2-1-3-6-13/h1-8H,9-12H2,(H,20,21). The average molecular weight is 386 g/mol. The first kappa shape index (κ1) is 18.5. The third-order valence-corrected chi connectivity index (χ3v) is 5.97. The molecule has 2 aromatic rings. The summed E-state index contributed by atoms with van der Waals surface area (Å²) in [5, 5.41) is 4.07. The van der Waals surface area contributed by atoms with Crippen LogP contribution >= 0.6 is 46.7 Å². The van der Waals surface area contributed by atoms with E-state index in [1.807, 2.05) is 18.2 Å². The second-order valence-corrected chi connectivity index (χ2v) is 7.63. The number of halogens is 2. The van der Waals surface area contributed by atoms with Gasteiger partial charge in [0.25, 0.3) is 0 Å². The van der Waals surface area contributed by atoms with E-state index in [2.05, 4.69) is 17.4 Å². The van der Waals surface area contributed by atoms with Crippen LogP contribution in [-0.2, 0) is 10.5 Å². The van der Waals surface area contributed by atoms with Crippen LogP contribution in [0.4, 0.5) is 0 Å². The molecule has 1 N–H and O–H groups in total. The third kappa shape index (κ3) is 6.68. The van der Waals surface area contributed by atoms with E-state index in [-0.39, 0.29) is 5.91 Å². The van der Waals surface area contributed by atoms with Gasteiger partial charge in [0.15, 0.2) is 0 Å². The highest BCUT2D eigenvalue weighted by molar-refractivity contribution is 8.00. The van der Waals surface area contributed by atoms with Crippen LogP contribution in [0.2, 0.25) is 10.0 Å². The van der Waals surface area contributed by atoms with Gasteiger partial charge in [-0.15, -0.1) is 11.8 Å². The van der Waals surface area contributed by atoms with Crippen molar-refractivity contribution in [1.82, 2.24) is 5.32 Å². The van der Waals surface area contributed by atoms with Crippen LogP contribution in [0.1, 0.15) is 5.56 Å². The van der Waals surface area contributed by atoms with Crippen molar-refractivity contribution in [2.45, 2.75) is 10.6 Å². The molecule has 2 nitrogen and oxygen atoms in total. The number of carbonyl (C=O) groups is 1. The Labute approximate surface area is 155 Å². The second kappa shape index (κ2) is 10.1. The van der Waals surface area contributed by atoms with Crippen molar-refractivity contribution in [2.75, 3.05) is 18.1 Å². The lowest BCUT2D eigenvalue weighted by Crippen LogP contribution is -2.27. The van der Waals surface area contributed by atoms with E-state index < -0.39 is 0 Å². The van der Waals surface area contributed by atoms with Crippen molar-refractivity contribution >= 4 is 52.6 Å². The predicted octanol–water partition coefficient (Wildman–Crippen LogP) is 5.14. The van der Waals surface area contributed by atoms with Gasteiger partial charge in [-0.1, -0.05) is 59.6 Å². The number of amides is 1. The normalized spacial score (nSPS) is 10.5. The number of benzene rings is 2. The highest BCUT2D eigenvalue weighted by Gasteiger charge is 2.08. The summed E-state index contributed by atoms with van der Waals surface area (Å²) in [4.78, 5) is 12.6. The molecule has 0 bridgehead atoms. The Balaban J connectivity index is 1.62. The molecule has 2 rings (SSSR count). The first-order valence-corrected chi connectivity index (χ1v) is 10.0. The Morgan fingerprint density at radius 2 is 1.70 bits per heavy atom. The molecule has 0 fully saturated rings. The van der Waals surface area contributed by atoms with Crippen LogP contribution < -0.4 is 5.32 Å². The van der Waals surface area contributed by atoms with Crippen LogP contribution in [0.5, 0.6) is 0 Å². The fourth-order valence-corrected chi connectivity index (χ4v) is 4.17. The number of hydrogen-bond acceptors (Lipinski definition) is 3. The molecule has 0 radical (unpaired) electrons. The zero-order valence-corrected chi connectivity index (χ0v) is 15.6. The first-order chi connectivity index (χ1) is 11.2. The maximum absolute atomic E-state index is 11.8. The number of rotatable bonds is 8. The van der Waals surface area contributed by atoms with Gasteiger partial charge in [0, 0.05) is 22.9 Å². The molecule has 0 spiro atoms. The molecule has 0 atom stereocenters. The molecule has 122 valence electrons. The molecule has 0 saturated heterocycles. The molecule has 0 aliphatic heterocycles. The SMILES string of the molecule is O=C(CSc1c(Cl)cccc1Cl)NCCSCc1ccccc1. The molecule has 1 amide bonds.